The molecule has 378 valence electrons. The Kier molecular flexibility index (Phi) is 11.5. The number of nitriles is 1. The Morgan fingerprint density at radius 1 is 0.368 bits per heavy atom. The van der Waals surface area contributed by atoms with Gasteiger partial charge in [-0.2, -0.15) is 57.9 Å². The van der Waals surface area contributed by atoms with Gasteiger partial charge >= 0.3 is 24.7 Å². The SMILES string of the molecule is Cc1ccc(-c2ccc3c(c2)c2ccccc2n3-c2cccc(C#N)c2-c2c(-c3ccc(C(F)(F)F)cc3C)cccc2-n2c3ccccc3c3cc(-c4ccc(C(F)(F)F)cc4C(F)(F)F)ccc32)c(C(F)(F)F)c1. The minimum atomic E-state index is -5.17. The zero-order chi connectivity index (χ0) is 53.8. The standard InChI is InChI=1S/C61H35F12N3/c1-33-17-22-41(48(27-33)60(68,69)70)35-18-25-52-46(29-35)43-10-3-5-13-50(43)75(52)54-15-7-9-37(32-74)56(54)57-45(40-23-20-38(28-34(40)2)58(62,63)64)12-8-16-55(57)76-51-14-6-4-11-44(51)47-30-36(19-26-53(47)76)42-24-21-39(59(65,66)67)31-49(42)61(71,72)73/h3-31H,1-2H3. The fourth-order valence-corrected chi connectivity index (χ4v) is 10.6. The highest BCUT2D eigenvalue weighted by Gasteiger charge is 2.39. The Morgan fingerprint density at radius 3 is 1.34 bits per heavy atom. The molecule has 2 heterocycles. The second-order valence-corrected chi connectivity index (χ2v) is 18.5. The van der Waals surface area contributed by atoms with Crippen LogP contribution in [0.15, 0.2) is 176 Å². The van der Waals surface area contributed by atoms with Crippen LogP contribution in [0, 0.1) is 25.2 Å². The predicted octanol–water partition coefficient (Wildman–Crippen LogP) is 19.1. The van der Waals surface area contributed by atoms with Crippen LogP contribution in [0.5, 0.6) is 0 Å². The number of aryl methyl sites for hydroxylation is 2. The molecule has 11 rings (SSSR count). The van der Waals surface area contributed by atoms with Crippen LogP contribution in [-0.2, 0) is 24.7 Å². The number of benzene rings is 9. The number of aromatic nitrogens is 2. The van der Waals surface area contributed by atoms with Crippen LogP contribution in [0.25, 0.3) is 99.5 Å². The van der Waals surface area contributed by atoms with Crippen molar-refractivity contribution in [3.05, 3.63) is 215 Å². The Bertz CT molecular complexity index is 4220. The summed E-state index contributed by atoms with van der Waals surface area (Å²) in [4.78, 5) is 0. The van der Waals surface area contributed by atoms with E-state index in [1.54, 1.807) is 110 Å². The lowest BCUT2D eigenvalue weighted by atomic mass is 9.87. The average molecular weight is 1040 g/mol. The summed E-state index contributed by atoms with van der Waals surface area (Å²) >= 11 is 0. The molecule has 0 N–H and O–H groups in total. The first kappa shape index (κ1) is 49.4. The lowest BCUT2D eigenvalue weighted by molar-refractivity contribution is -0.143. The molecule has 11 aromatic rings. The van der Waals surface area contributed by atoms with E-state index in [0.717, 1.165) is 24.3 Å². The van der Waals surface area contributed by atoms with Crippen LogP contribution in [0.4, 0.5) is 52.7 Å². The normalized spacial score (nSPS) is 12.6. The van der Waals surface area contributed by atoms with E-state index in [1.807, 2.05) is 21.3 Å². The minimum Gasteiger partial charge on any atom is -0.309 e. The highest BCUT2D eigenvalue weighted by Crippen LogP contribution is 2.49. The third-order valence-electron chi connectivity index (χ3n) is 13.9. The molecule has 0 radical (unpaired) electrons. The van der Waals surface area contributed by atoms with Crippen molar-refractivity contribution in [1.29, 1.82) is 5.26 Å². The summed E-state index contributed by atoms with van der Waals surface area (Å²) in [5.41, 5.74) is 0.0956. The van der Waals surface area contributed by atoms with E-state index in [-0.39, 0.29) is 28.3 Å². The highest BCUT2D eigenvalue weighted by molar-refractivity contribution is 6.13. The summed E-state index contributed by atoms with van der Waals surface area (Å²) in [6.45, 7) is 3.10. The highest BCUT2D eigenvalue weighted by atomic mass is 19.4. The van der Waals surface area contributed by atoms with Crippen molar-refractivity contribution in [3.63, 3.8) is 0 Å². The van der Waals surface area contributed by atoms with Crippen molar-refractivity contribution >= 4 is 43.6 Å². The van der Waals surface area contributed by atoms with Gasteiger partial charge in [-0.15, -0.1) is 0 Å². The molecule has 15 heteroatoms. The van der Waals surface area contributed by atoms with Gasteiger partial charge in [0, 0.05) is 32.7 Å². The Labute approximate surface area is 424 Å². The maximum atomic E-state index is 14.6. The Morgan fingerprint density at radius 2 is 0.829 bits per heavy atom. The van der Waals surface area contributed by atoms with E-state index in [1.165, 1.54) is 31.2 Å². The number of rotatable bonds is 6. The first-order valence-electron chi connectivity index (χ1n) is 23.4. The van der Waals surface area contributed by atoms with Crippen LogP contribution >= 0.6 is 0 Å². The molecule has 0 aliphatic carbocycles. The van der Waals surface area contributed by atoms with Crippen molar-refractivity contribution in [3.8, 4) is 62.0 Å². The molecule has 0 aliphatic heterocycles. The largest absolute Gasteiger partial charge is 0.417 e. The molecule has 3 nitrogen and oxygen atoms in total. The molecule has 0 fully saturated rings. The van der Waals surface area contributed by atoms with Gasteiger partial charge < -0.3 is 9.13 Å². The van der Waals surface area contributed by atoms with Crippen LogP contribution < -0.4 is 0 Å². The van der Waals surface area contributed by atoms with E-state index in [0.29, 0.717) is 94.4 Å². The van der Waals surface area contributed by atoms with Crippen molar-refractivity contribution in [2.24, 2.45) is 0 Å². The summed E-state index contributed by atoms with van der Waals surface area (Å²) in [5, 5.41) is 13.3. The molecule has 0 amide bonds. The molecule has 0 spiro atoms. The molecular formula is C61H35F12N3. The summed E-state index contributed by atoms with van der Waals surface area (Å²) in [6.07, 6.45) is -19.6. The summed E-state index contributed by atoms with van der Waals surface area (Å²) in [6, 6.07) is 44.9. The maximum Gasteiger partial charge on any atom is 0.417 e. The zero-order valence-corrected chi connectivity index (χ0v) is 39.6. The van der Waals surface area contributed by atoms with Crippen LogP contribution in [0.2, 0.25) is 0 Å². The molecule has 9 aromatic carbocycles. The third kappa shape index (κ3) is 8.28. The molecule has 2 aromatic heterocycles. The molecular weight excluding hydrogens is 1000 g/mol. The Balaban J connectivity index is 1.22. The average Bonchev–Trinajstić information content (AvgIpc) is 4.04. The van der Waals surface area contributed by atoms with Gasteiger partial charge in [0.25, 0.3) is 0 Å². The first-order chi connectivity index (χ1) is 36.0. The fourth-order valence-electron chi connectivity index (χ4n) is 10.6. The molecule has 0 unspecified atom stereocenters. The summed E-state index contributed by atoms with van der Waals surface area (Å²) < 4.78 is 175. The molecule has 0 atom stereocenters. The summed E-state index contributed by atoms with van der Waals surface area (Å²) in [5.74, 6) is 0. The van der Waals surface area contributed by atoms with E-state index >= 15 is 0 Å². The zero-order valence-electron chi connectivity index (χ0n) is 39.6. The van der Waals surface area contributed by atoms with Crippen LogP contribution in [0.1, 0.15) is 38.9 Å². The van der Waals surface area contributed by atoms with Gasteiger partial charge in [-0.05, 0) is 138 Å². The van der Waals surface area contributed by atoms with Gasteiger partial charge in [0.1, 0.15) is 0 Å². The van der Waals surface area contributed by atoms with Crippen molar-refractivity contribution in [2.75, 3.05) is 0 Å². The second kappa shape index (κ2) is 17.7. The first-order valence-corrected chi connectivity index (χ1v) is 23.4. The third-order valence-corrected chi connectivity index (χ3v) is 13.9. The lowest BCUT2D eigenvalue weighted by Gasteiger charge is -2.23. The van der Waals surface area contributed by atoms with Crippen LogP contribution in [-0.4, -0.2) is 9.13 Å². The number of hydrogen-bond donors (Lipinski definition) is 0. The minimum absolute atomic E-state index is 0.0329. The molecule has 0 saturated heterocycles. The number of fused-ring (bicyclic) bond motifs is 6. The number of alkyl halides is 12. The van der Waals surface area contributed by atoms with Crippen molar-refractivity contribution < 1.29 is 52.7 Å². The predicted molar refractivity (Wildman–Crippen MR) is 271 cm³/mol. The van der Waals surface area contributed by atoms with E-state index < -0.39 is 52.5 Å². The van der Waals surface area contributed by atoms with E-state index in [4.69, 9.17) is 0 Å². The van der Waals surface area contributed by atoms with Gasteiger partial charge in [-0.3, -0.25) is 0 Å². The van der Waals surface area contributed by atoms with Crippen LogP contribution in [0.3, 0.4) is 0 Å². The van der Waals surface area contributed by atoms with Gasteiger partial charge in [0.15, 0.2) is 0 Å². The molecule has 0 saturated carbocycles. The lowest BCUT2D eigenvalue weighted by Crippen LogP contribution is -2.12. The number of para-hydroxylation sites is 2. The Hall–Kier alpha value is -8.77. The quantitative estimate of drug-likeness (QED) is 0.153. The topological polar surface area (TPSA) is 33.6 Å². The number of halogens is 12. The summed E-state index contributed by atoms with van der Waals surface area (Å²) in [7, 11) is 0. The second-order valence-electron chi connectivity index (χ2n) is 18.5. The van der Waals surface area contributed by atoms with E-state index in [2.05, 4.69) is 6.07 Å². The van der Waals surface area contributed by atoms with Gasteiger partial charge in [-0.25, -0.2) is 0 Å². The monoisotopic (exact) mass is 1040 g/mol. The van der Waals surface area contributed by atoms with Crippen molar-refractivity contribution in [1.82, 2.24) is 9.13 Å². The number of hydrogen-bond acceptors (Lipinski definition) is 1. The van der Waals surface area contributed by atoms with Gasteiger partial charge in [-0.1, -0.05) is 96.6 Å². The molecule has 0 bridgehead atoms. The van der Waals surface area contributed by atoms with Gasteiger partial charge in [0.2, 0.25) is 0 Å². The number of nitrogens with zero attached hydrogens (tertiary/aromatic N) is 3. The van der Waals surface area contributed by atoms with Gasteiger partial charge in [0.05, 0.1) is 67.3 Å². The van der Waals surface area contributed by atoms with Crippen molar-refractivity contribution in [2.45, 2.75) is 38.6 Å². The van der Waals surface area contributed by atoms with E-state index in [9.17, 15) is 57.9 Å². The molecule has 0 aliphatic rings. The fraction of sp³-hybridized carbons (Fsp3) is 0.0984. The maximum absolute atomic E-state index is 14.6. The smallest absolute Gasteiger partial charge is 0.309 e. The molecule has 76 heavy (non-hydrogen) atoms.